The molecule has 2 aromatic carbocycles. The Morgan fingerprint density at radius 2 is 1.93 bits per heavy atom. The molecule has 2 aromatic rings. The summed E-state index contributed by atoms with van der Waals surface area (Å²) in [5.41, 5.74) is 9.80. The smallest absolute Gasteiger partial charge is 0.255 e. The minimum Gasteiger partial charge on any atom is -0.323 e. The molecule has 0 radical (unpaired) electrons. The minimum absolute atomic E-state index is 0.102. The molecule has 2 atom stereocenters. The van der Waals surface area contributed by atoms with Crippen LogP contribution in [0.15, 0.2) is 48.5 Å². The fourth-order valence-electron chi connectivity index (χ4n) is 3.90. The summed E-state index contributed by atoms with van der Waals surface area (Å²) in [5, 5.41) is 5.66. The Morgan fingerprint density at radius 3 is 2.69 bits per heavy atom. The van der Waals surface area contributed by atoms with Crippen molar-refractivity contribution in [1.29, 1.82) is 0 Å². The van der Waals surface area contributed by atoms with Gasteiger partial charge in [0.25, 0.3) is 5.91 Å². The first-order valence-corrected chi connectivity index (χ1v) is 9.80. The summed E-state index contributed by atoms with van der Waals surface area (Å²) >= 11 is 0. The number of nitrogens with two attached hydrogens (primary N) is 1. The van der Waals surface area contributed by atoms with Crippen molar-refractivity contribution in [2.75, 3.05) is 6.54 Å². The number of piperidine rings is 1. The van der Waals surface area contributed by atoms with Gasteiger partial charge in [-0.1, -0.05) is 42.5 Å². The second-order valence-corrected chi connectivity index (χ2v) is 7.54. The monoisotopic (exact) mass is 392 g/mol. The molecule has 2 aliphatic rings. The highest BCUT2D eigenvalue weighted by Crippen LogP contribution is 2.28. The molecule has 7 nitrogen and oxygen atoms in total. The fourth-order valence-corrected chi connectivity index (χ4v) is 3.90. The zero-order valence-electron chi connectivity index (χ0n) is 16.1. The van der Waals surface area contributed by atoms with E-state index >= 15 is 0 Å². The lowest BCUT2D eigenvalue weighted by atomic mass is 10.0. The molecular formula is C22H24N4O3. The van der Waals surface area contributed by atoms with Crippen molar-refractivity contribution < 1.29 is 14.4 Å². The zero-order chi connectivity index (χ0) is 20.4. The Kier molecular flexibility index (Phi) is 5.42. The van der Waals surface area contributed by atoms with Crippen LogP contribution in [0.5, 0.6) is 0 Å². The van der Waals surface area contributed by atoms with E-state index in [4.69, 9.17) is 5.73 Å². The molecule has 0 aromatic heterocycles. The van der Waals surface area contributed by atoms with Crippen LogP contribution in [0.3, 0.4) is 0 Å². The lowest BCUT2D eigenvalue weighted by Crippen LogP contribution is -2.52. The maximum Gasteiger partial charge on any atom is 0.255 e. The maximum atomic E-state index is 12.9. The van der Waals surface area contributed by atoms with Crippen molar-refractivity contribution in [2.45, 2.75) is 38.0 Å². The summed E-state index contributed by atoms with van der Waals surface area (Å²) in [6, 6.07) is 15.0. The molecule has 1 saturated heterocycles. The average molecular weight is 392 g/mol. The molecule has 0 saturated carbocycles. The first kappa shape index (κ1) is 19.3. The van der Waals surface area contributed by atoms with Crippen molar-refractivity contribution in [3.8, 4) is 0 Å². The molecule has 1 fully saturated rings. The highest BCUT2D eigenvalue weighted by Gasteiger charge is 2.39. The number of carbonyl (C=O) groups excluding carboxylic acids is 3. The molecule has 1 unspecified atom stereocenters. The molecule has 150 valence electrons. The Labute approximate surface area is 169 Å². The normalized spacial score (nSPS) is 19.8. The summed E-state index contributed by atoms with van der Waals surface area (Å²) < 4.78 is 0. The van der Waals surface area contributed by atoms with Crippen molar-refractivity contribution in [3.63, 3.8) is 0 Å². The van der Waals surface area contributed by atoms with Gasteiger partial charge in [0.05, 0.1) is 0 Å². The van der Waals surface area contributed by atoms with Crippen LogP contribution in [0, 0.1) is 0 Å². The number of rotatable bonds is 6. The molecule has 4 N–H and O–H groups in total. The Bertz CT molecular complexity index is 944. The zero-order valence-corrected chi connectivity index (χ0v) is 16.1. The SMILES string of the molecule is N[C@H](CNCc1ccc2c(c1)C(=O)N(C1CCC(=O)NC1=O)C2)c1ccccc1. The van der Waals surface area contributed by atoms with E-state index < -0.39 is 6.04 Å². The lowest BCUT2D eigenvalue weighted by molar-refractivity contribution is -0.136. The molecule has 3 amide bonds. The number of hydrogen-bond acceptors (Lipinski definition) is 5. The van der Waals surface area contributed by atoms with E-state index in [1.165, 1.54) is 0 Å². The number of nitrogens with one attached hydrogen (secondary N) is 2. The predicted molar refractivity (Wildman–Crippen MR) is 108 cm³/mol. The standard InChI is InChI=1S/C22H24N4O3/c23-18(15-4-2-1-3-5-15)12-24-11-14-6-7-16-13-26(22(29)17(16)10-14)19-8-9-20(27)25-21(19)28/h1-7,10,18-19,24H,8-9,11-13,23H2,(H,25,27,28)/t18-,19?/m1/s1. The van der Waals surface area contributed by atoms with Gasteiger partial charge in [-0.15, -0.1) is 0 Å². The van der Waals surface area contributed by atoms with Crippen LogP contribution in [-0.4, -0.2) is 35.2 Å². The summed E-state index contributed by atoms with van der Waals surface area (Å²) in [5.74, 6) is -0.825. The van der Waals surface area contributed by atoms with Crippen molar-refractivity contribution in [2.24, 2.45) is 5.73 Å². The number of carbonyl (C=O) groups is 3. The molecule has 0 spiro atoms. The van der Waals surface area contributed by atoms with Crippen LogP contribution in [0.4, 0.5) is 0 Å². The molecule has 29 heavy (non-hydrogen) atoms. The van der Waals surface area contributed by atoms with Gasteiger partial charge >= 0.3 is 0 Å². The van der Waals surface area contributed by atoms with Gasteiger partial charge in [-0.2, -0.15) is 0 Å². The highest BCUT2D eigenvalue weighted by atomic mass is 16.2. The van der Waals surface area contributed by atoms with Crippen LogP contribution in [0.2, 0.25) is 0 Å². The van der Waals surface area contributed by atoms with Crippen LogP contribution < -0.4 is 16.4 Å². The molecule has 7 heteroatoms. The van der Waals surface area contributed by atoms with E-state index in [2.05, 4.69) is 10.6 Å². The van der Waals surface area contributed by atoms with Crippen molar-refractivity contribution in [3.05, 3.63) is 70.8 Å². The van der Waals surface area contributed by atoms with E-state index in [9.17, 15) is 14.4 Å². The summed E-state index contributed by atoms with van der Waals surface area (Å²) in [6.45, 7) is 1.62. The van der Waals surface area contributed by atoms with Gasteiger partial charge in [0, 0.05) is 37.7 Å². The van der Waals surface area contributed by atoms with Gasteiger partial charge in [0.2, 0.25) is 11.8 Å². The largest absolute Gasteiger partial charge is 0.323 e. The summed E-state index contributed by atoms with van der Waals surface area (Å²) in [4.78, 5) is 37.9. The maximum absolute atomic E-state index is 12.9. The third kappa shape index (κ3) is 4.06. The van der Waals surface area contributed by atoms with E-state index in [-0.39, 0.29) is 30.2 Å². The van der Waals surface area contributed by atoms with Crippen LogP contribution >= 0.6 is 0 Å². The van der Waals surface area contributed by atoms with Gasteiger partial charge in [0.1, 0.15) is 6.04 Å². The second-order valence-electron chi connectivity index (χ2n) is 7.54. The molecule has 0 aliphatic carbocycles. The minimum atomic E-state index is -0.585. The summed E-state index contributed by atoms with van der Waals surface area (Å²) in [6.07, 6.45) is 0.629. The van der Waals surface area contributed by atoms with Crippen LogP contribution in [0.1, 0.15) is 45.9 Å². The Morgan fingerprint density at radius 1 is 1.14 bits per heavy atom. The molecule has 2 heterocycles. The Hall–Kier alpha value is -3.03. The number of benzene rings is 2. The quantitative estimate of drug-likeness (QED) is 0.642. The van der Waals surface area contributed by atoms with Crippen LogP contribution in [-0.2, 0) is 22.7 Å². The van der Waals surface area contributed by atoms with Crippen molar-refractivity contribution in [1.82, 2.24) is 15.5 Å². The first-order chi connectivity index (χ1) is 14.0. The van der Waals surface area contributed by atoms with E-state index in [0.717, 1.165) is 16.7 Å². The average Bonchev–Trinajstić information content (AvgIpc) is 3.04. The third-order valence-corrected chi connectivity index (χ3v) is 5.51. The number of nitrogens with zero attached hydrogens (tertiary/aromatic N) is 1. The van der Waals surface area contributed by atoms with E-state index in [0.29, 0.717) is 31.6 Å². The van der Waals surface area contributed by atoms with Gasteiger partial charge in [-0.3, -0.25) is 19.7 Å². The van der Waals surface area contributed by atoms with Gasteiger partial charge in [-0.05, 0) is 29.2 Å². The third-order valence-electron chi connectivity index (χ3n) is 5.51. The fraction of sp³-hybridized carbons (Fsp3) is 0.318. The Balaban J connectivity index is 1.38. The van der Waals surface area contributed by atoms with E-state index in [1.807, 2.05) is 48.5 Å². The van der Waals surface area contributed by atoms with Gasteiger partial charge in [-0.25, -0.2) is 0 Å². The molecule has 2 aliphatic heterocycles. The second kappa shape index (κ2) is 8.14. The highest BCUT2D eigenvalue weighted by molar-refractivity contribution is 6.05. The topological polar surface area (TPSA) is 105 Å². The number of hydrogen-bond donors (Lipinski definition) is 3. The van der Waals surface area contributed by atoms with Gasteiger partial charge in [0.15, 0.2) is 0 Å². The number of amides is 3. The van der Waals surface area contributed by atoms with Crippen LogP contribution in [0.25, 0.3) is 0 Å². The van der Waals surface area contributed by atoms with E-state index in [1.54, 1.807) is 4.90 Å². The predicted octanol–water partition coefficient (Wildman–Crippen LogP) is 1.24. The summed E-state index contributed by atoms with van der Waals surface area (Å²) in [7, 11) is 0. The number of imide groups is 1. The molecule has 4 rings (SSSR count). The van der Waals surface area contributed by atoms with Gasteiger partial charge < -0.3 is 16.0 Å². The first-order valence-electron chi connectivity index (χ1n) is 9.80. The molecule has 0 bridgehead atoms. The molecular weight excluding hydrogens is 368 g/mol. The lowest BCUT2D eigenvalue weighted by Gasteiger charge is -2.29. The van der Waals surface area contributed by atoms with Crippen molar-refractivity contribution >= 4 is 17.7 Å². The number of fused-ring (bicyclic) bond motifs is 1.